The van der Waals surface area contributed by atoms with Gasteiger partial charge in [0.2, 0.25) is 0 Å². The first-order chi connectivity index (χ1) is 13.7. The Balaban J connectivity index is 2.33. The molecule has 0 aliphatic heterocycles. The Kier molecular flexibility index (Phi) is 7.39. The molecule has 0 heterocycles. The molecule has 0 aliphatic carbocycles. The number of ether oxygens (including phenoxy) is 2. The Hall–Kier alpha value is -3.31. The summed E-state index contributed by atoms with van der Waals surface area (Å²) in [4.78, 5) is 23.3. The van der Waals surface area contributed by atoms with Crippen LogP contribution >= 0.6 is 15.9 Å². The topological polar surface area (TPSA) is 109 Å². The molecule has 0 unspecified atom stereocenters. The van der Waals surface area contributed by atoms with E-state index in [0.717, 1.165) is 11.1 Å². The highest BCUT2D eigenvalue weighted by molar-refractivity contribution is 9.10. The second-order valence-corrected chi connectivity index (χ2v) is 7.01. The van der Waals surface area contributed by atoms with E-state index >= 15 is 0 Å². The van der Waals surface area contributed by atoms with Gasteiger partial charge in [-0.2, -0.15) is 5.26 Å². The van der Waals surface area contributed by atoms with Gasteiger partial charge in [-0.3, -0.25) is 4.79 Å². The number of carboxylic acid groups (broad SMARTS) is 1. The monoisotopic (exact) mass is 458 g/mol. The lowest BCUT2D eigenvalue weighted by Gasteiger charge is -2.12. The number of aryl methyl sites for hydroxylation is 2. The number of nitriles is 1. The number of hydrogen-bond acceptors (Lipinski definition) is 5. The highest BCUT2D eigenvalue weighted by atomic mass is 79.9. The van der Waals surface area contributed by atoms with Crippen molar-refractivity contribution >= 4 is 39.6 Å². The molecule has 2 aromatic rings. The third-order valence-corrected chi connectivity index (χ3v) is 4.50. The number of hydrogen-bond donors (Lipinski definition) is 2. The van der Waals surface area contributed by atoms with Crippen molar-refractivity contribution in [2.75, 3.05) is 19.0 Å². The summed E-state index contributed by atoms with van der Waals surface area (Å²) in [6, 6.07) is 10.7. The maximum Gasteiger partial charge on any atom is 0.341 e. The van der Waals surface area contributed by atoms with Gasteiger partial charge in [0.25, 0.3) is 5.91 Å². The number of halogens is 1. The summed E-state index contributed by atoms with van der Waals surface area (Å²) in [5.74, 6) is -1.19. The fraction of sp³-hybridized carbons (Fsp3) is 0.190. The van der Waals surface area contributed by atoms with Crippen LogP contribution in [0.5, 0.6) is 11.5 Å². The van der Waals surface area contributed by atoms with Gasteiger partial charge in [0, 0.05) is 5.69 Å². The number of aliphatic carboxylic acids is 1. The molecule has 0 spiro atoms. The van der Waals surface area contributed by atoms with Gasteiger partial charge >= 0.3 is 5.97 Å². The number of carbonyl (C=O) groups excluding carboxylic acids is 1. The van der Waals surface area contributed by atoms with E-state index in [1.165, 1.54) is 13.2 Å². The molecule has 2 aromatic carbocycles. The Morgan fingerprint density at radius 1 is 1.28 bits per heavy atom. The van der Waals surface area contributed by atoms with Gasteiger partial charge in [-0.15, -0.1) is 0 Å². The number of nitrogens with one attached hydrogen (secondary N) is 1. The molecule has 2 rings (SSSR count). The predicted octanol–water partition coefficient (Wildman–Crippen LogP) is 4.08. The van der Waals surface area contributed by atoms with E-state index in [9.17, 15) is 14.9 Å². The lowest BCUT2D eigenvalue weighted by molar-refractivity contribution is -0.139. The number of amides is 1. The van der Waals surface area contributed by atoms with Gasteiger partial charge in [0.1, 0.15) is 11.6 Å². The lowest BCUT2D eigenvalue weighted by Crippen LogP contribution is -2.14. The summed E-state index contributed by atoms with van der Waals surface area (Å²) in [7, 11) is 1.40. The van der Waals surface area contributed by atoms with E-state index in [1.54, 1.807) is 12.1 Å². The average molecular weight is 459 g/mol. The Bertz CT molecular complexity index is 1020. The third-order valence-electron chi connectivity index (χ3n) is 3.91. The molecule has 2 N–H and O–H groups in total. The number of rotatable bonds is 7. The maximum absolute atomic E-state index is 12.6. The summed E-state index contributed by atoms with van der Waals surface area (Å²) < 4.78 is 10.9. The molecular formula is C21H19BrN2O5. The molecule has 0 fully saturated rings. The normalized spacial score (nSPS) is 10.8. The van der Waals surface area contributed by atoms with Crippen LogP contribution in [0.3, 0.4) is 0 Å². The molecule has 0 aromatic heterocycles. The summed E-state index contributed by atoms with van der Waals surface area (Å²) in [6.07, 6.45) is 1.41. The number of anilines is 1. The van der Waals surface area contributed by atoms with E-state index in [0.29, 0.717) is 15.7 Å². The highest BCUT2D eigenvalue weighted by Gasteiger charge is 2.15. The molecule has 8 heteroatoms. The van der Waals surface area contributed by atoms with Crippen LogP contribution < -0.4 is 14.8 Å². The number of carbonyl (C=O) groups is 2. The second-order valence-electron chi connectivity index (χ2n) is 6.16. The quantitative estimate of drug-likeness (QED) is 0.477. The lowest BCUT2D eigenvalue weighted by atomic mass is 10.1. The van der Waals surface area contributed by atoms with Gasteiger partial charge in [0.15, 0.2) is 18.1 Å². The second kappa shape index (κ2) is 9.75. The van der Waals surface area contributed by atoms with Crippen LogP contribution in [-0.2, 0) is 9.59 Å². The summed E-state index contributed by atoms with van der Waals surface area (Å²) in [5, 5.41) is 21.0. The molecular weight excluding hydrogens is 440 g/mol. The van der Waals surface area contributed by atoms with E-state index in [-0.39, 0.29) is 17.1 Å². The van der Waals surface area contributed by atoms with Crippen molar-refractivity contribution in [1.82, 2.24) is 0 Å². The number of carboxylic acids is 1. The Morgan fingerprint density at radius 2 is 2.00 bits per heavy atom. The summed E-state index contributed by atoms with van der Waals surface area (Å²) >= 11 is 3.30. The van der Waals surface area contributed by atoms with Crippen LogP contribution in [0.25, 0.3) is 6.08 Å². The first kappa shape index (κ1) is 22.0. The molecule has 0 bridgehead atoms. The van der Waals surface area contributed by atoms with Crippen molar-refractivity contribution in [3.05, 3.63) is 57.1 Å². The van der Waals surface area contributed by atoms with Gasteiger partial charge < -0.3 is 19.9 Å². The van der Waals surface area contributed by atoms with Crippen LogP contribution in [0.1, 0.15) is 16.7 Å². The average Bonchev–Trinajstić information content (AvgIpc) is 2.67. The molecule has 150 valence electrons. The van der Waals surface area contributed by atoms with Crippen molar-refractivity contribution < 1.29 is 24.2 Å². The van der Waals surface area contributed by atoms with E-state index in [1.807, 2.05) is 38.1 Å². The highest BCUT2D eigenvalue weighted by Crippen LogP contribution is 2.37. The first-order valence-electron chi connectivity index (χ1n) is 8.47. The van der Waals surface area contributed by atoms with Gasteiger partial charge in [-0.1, -0.05) is 12.1 Å². The van der Waals surface area contributed by atoms with Gasteiger partial charge in [-0.25, -0.2) is 4.79 Å². The number of methoxy groups -OCH3 is 1. The first-order valence-corrected chi connectivity index (χ1v) is 9.27. The van der Waals surface area contributed by atoms with Gasteiger partial charge in [0.05, 0.1) is 11.6 Å². The standard InChI is InChI=1S/C21H19BrN2O5/c1-12-4-5-13(2)17(6-12)24-21(27)15(10-23)7-14-8-16(22)20(18(9-14)28-3)29-11-19(25)26/h4-9H,11H2,1-3H3,(H,24,27)(H,25,26)/b15-7+. The summed E-state index contributed by atoms with van der Waals surface area (Å²) in [5.41, 5.74) is 2.90. The fourth-order valence-electron chi connectivity index (χ4n) is 2.47. The number of nitrogens with zero attached hydrogens (tertiary/aromatic N) is 1. The zero-order chi connectivity index (χ0) is 21.6. The van der Waals surface area contributed by atoms with Crippen molar-refractivity contribution in [2.24, 2.45) is 0 Å². The van der Waals surface area contributed by atoms with Crippen LogP contribution in [-0.4, -0.2) is 30.7 Å². The minimum absolute atomic E-state index is 0.0981. The van der Waals surface area contributed by atoms with Crippen LogP contribution in [0.15, 0.2) is 40.4 Å². The van der Waals surface area contributed by atoms with E-state index in [2.05, 4.69) is 21.2 Å². The molecule has 0 aliphatic rings. The van der Waals surface area contributed by atoms with Crippen molar-refractivity contribution in [3.8, 4) is 17.6 Å². The van der Waals surface area contributed by atoms with Crippen LogP contribution in [0, 0.1) is 25.2 Å². The maximum atomic E-state index is 12.6. The number of benzene rings is 2. The Morgan fingerprint density at radius 3 is 2.62 bits per heavy atom. The zero-order valence-corrected chi connectivity index (χ0v) is 17.7. The van der Waals surface area contributed by atoms with Crippen LogP contribution in [0.4, 0.5) is 5.69 Å². The van der Waals surface area contributed by atoms with Crippen molar-refractivity contribution in [1.29, 1.82) is 5.26 Å². The fourth-order valence-corrected chi connectivity index (χ4v) is 3.05. The SMILES string of the molecule is COc1cc(/C=C(\C#N)C(=O)Nc2cc(C)ccc2C)cc(Br)c1OCC(=O)O. The minimum atomic E-state index is -1.13. The third kappa shape index (κ3) is 5.83. The zero-order valence-electron chi connectivity index (χ0n) is 16.1. The minimum Gasteiger partial charge on any atom is -0.493 e. The predicted molar refractivity (Wildman–Crippen MR) is 112 cm³/mol. The summed E-state index contributed by atoms with van der Waals surface area (Å²) in [6.45, 7) is 3.24. The molecule has 29 heavy (non-hydrogen) atoms. The van der Waals surface area contributed by atoms with Crippen molar-refractivity contribution in [2.45, 2.75) is 13.8 Å². The smallest absolute Gasteiger partial charge is 0.341 e. The largest absolute Gasteiger partial charge is 0.493 e. The Labute approximate surface area is 176 Å². The molecule has 7 nitrogen and oxygen atoms in total. The van der Waals surface area contributed by atoms with Crippen LogP contribution in [0.2, 0.25) is 0 Å². The molecule has 0 saturated heterocycles. The molecule has 1 amide bonds. The van der Waals surface area contributed by atoms with E-state index < -0.39 is 18.5 Å². The molecule has 0 atom stereocenters. The van der Waals surface area contributed by atoms with Crippen molar-refractivity contribution in [3.63, 3.8) is 0 Å². The van der Waals surface area contributed by atoms with Gasteiger partial charge in [-0.05, 0) is 70.7 Å². The molecule has 0 saturated carbocycles. The van der Waals surface area contributed by atoms with E-state index in [4.69, 9.17) is 14.6 Å². The molecule has 0 radical (unpaired) electrons.